The van der Waals surface area contributed by atoms with E-state index in [9.17, 15) is 0 Å². The molecule has 0 spiro atoms. The molecule has 12 N–H and O–H groups in total. The maximum Gasteiger partial charge on any atom is 2.00 e. The molecule has 0 atom stereocenters. The summed E-state index contributed by atoms with van der Waals surface area (Å²) in [6.45, 7) is 0.972. The van der Waals surface area contributed by atoms with Crippen molar-refractivity contribution in [3.8, 4) is 0 Å². The average molecular weight is 226 g/mol. The van der Waals surface area contributed by atoms with E-state index in [1.165, 1.54) is 0 Å². The fraction of sp³-hybridized carbons (Fsp3) is 0.500. The molecule has 0 aromatic carbocycles. The van der Waals surface area contributed by atoms with Crippen molar-refractivity contribution in [3.63, 3.8) is 0 Å². The molecule has 0 radical (unpaired) electrons. The first-order valence-electron chi connectivity index (χ1n) is 0.908. The van der Waals surface area contributed by atoms with Gasteiger partial charge in [0.05, 0.1) is 0 Å². The van der Waals surface area contributed by atoms with Gasteiger partial charge in [0, 0.05) is 5.97 Å². The van der Waals surface area contributed by atoms with Crippen LogP contribution in [0.15, 0.2) is 0 Å². The standard InChI is InChI=1S/C2H4O2.Ni.6H2O/c1-2(3)4;;;;;;;/h1H3,(H,3,4);;6*1H2/q;+2;;;;;;/p-1. The third-order valence-corrected chi connectivity index (χ3v) is 0. The van der Waals surface area contributed by atoms with Gasteiger partial charge >= 0.3 is 16.5 Å². The molecule has 0 aliphatic rings. The Morgan fingerprint density at radius 3 is 0.909 bits per heavy atom. The van der Waals surface area contributed by atoms with Gasteiger partial charge in [0.15, 0.2) is 0 Å². The first-order chi connectivity index (χ1) is 1.73. The molecule has 11 heavy (non-hydrogen) atoms. The SMILES string of the molecule is CC(=O)[O-].O.O.O.O.O.O.[Ni+2]. The largest absolute Gasteiger partial charge is 2.00 e. The number of rotatable bonds is 0. The molecule has 8 nitrogen and oxygen atoms in total. The van der Waals surface area contributed by atoms with E-state index in [-0.39, 0.29) is 49.3 Å². The smallest absolute Gasteiger partial charge is 0.550 e. The molecule has 0 rings (SSSR count). The van der Waals surface area contributed by atoms with E-state index in [1.54, 1.807) is 0 Å². The van der Waals surface area contributed by atoms with E-state index in [0.29, 0.717) is 0 Å². The van der Waals surface area contributed by atoms with E-state index < -0.39 is 5.97 Å². The summed E-state index contributed by atoms with van der Waals surface area (Å²) in [5.41, 5.74) is 0. The van der Waals surface area contributed by atoms with Gasteiger partial charge in [-0.15, -0.1) is 0 Å². The van der Waals surface area contributed by atoms with Crippen LogP contribution in [0.5, 0.6) is 0 Å². The summed E-state index contributed by atoms with van der Waals surface area (Å²) in [4.78, 5) is 8.89. The van der Waals surface area contributed by atoms with E-state index >= 15 is 0 Å². The van der Waals surface area contributed by atoms with E-state index in [1.807, 2.05) is 0 Å². The molecule has 0 fully saturated rings. The van der Waals surface area contributed by atoms with Crippen LogP contribution in [-0.4, -0.2) is 38.8 Å². The van der Waals surface area contributed by atoms with E-state index in [4.69, 9.17) is 9.90 Å². The Morgan fingerprint density at radius 2 is 0.909 bits per heavy atom. The summed E-state index contributed by atoms with van der Waals surface area (Å²) in [6, 6.07) is 0. The van der Waals surface area contributed by atoms with Crippen LogP contribution in [0.2, 0.25) is 0 Å². The minimum atomic E-state index is -1.08. The van der Waals surface area contributed by atoms with Crippen molar-refractivity contribution in [2.24, 2.45) is 0 Å². The number of carbonyl (C=O) groups excluding carboxylic acids is 1. The molecule has 0 heterocycles. The molecular formula is C2H15NiO8+. The zero-order chi connectivity index (χ0) is 3.58. The predicted molar refractivity (Wildman–Crippen MR) is 32.4 cm³/mol. The van der Waals surface area contributed by atoms with Gasteiger partial charge in [-0.1, -0.05) is 0 Å². The van der Waals surface area contributed by atoms with Crippen molar-refractivity contribution in [2.45, 2.75) is 6.92 Å². The van der Waals surface area contributed by atoms with Crippen LogP contribution in [0.3, 0.4) is 0 Å². The van der Waals surface area contributed by atoms with E-state index in [0.717, 1.165) is 6.92 Å². The van der Waals surface area contributed by atoms with Gasteiger partial charge in [0.25, 0.3) is 0 Å². The maximum absolute atomic E-state index is 8.89. The number of aliphatic carboxylic acids is 1. The normalized spacial score (nSPS) is 2.27. The maximum atomic E-state index is 8.89. The summed E-state index contributed by atoms with van der Waals surface area (Å²) < 4.78 is 0. The average Bonchev–Trinajstić information content (AvgIpc) is 0.811. The molecular weight excluding hydrogens is 211 g/mol. The van der Waals surface area contributed by atoms with Crippen LogP contribution in [0.4, 0.5) is 0 Å². The second-order valence-electron chi connectivity index (χ2n) is 0.492. The quantitative estimate of drug-likeness (QED) is 0.366. The number of hydrogen-bond acceptors (Lipinski definition) is 2. The number of carbonyl (C=O) groups is 1. The fourth-order valence-corrected chi connectivity index (χ4v) is 0. The Morgan fingerprint density at radius 1 is 0.909 bits per heavy atom. The number of carboxylic acids is 1. The van der Waals surface area contributed by atoms with Crippen LogP contribution < -0.4 is 5.11 Å². The second kappa shape index (κ2) is 99.8. The fourth-order valence-electron chi connectivity index (χ4n) is 0. The van der Waals surface area contributed by atoms with Gasteiger partial charge in [-0.25, -0.2) is 0 Å². The Kier molecular flexibility index (Phi) is 1240. The van der Waals surface area contributed by atoms with Gasteiger partial charge < -0.3 is 42.8 Å². The molecule has 0 saturated heterocycles. The second-order valence-corrected chi connectivity index (χ2v) is 0.492. The van der Waals surface area contributed by atoms with Crippen LogP contribution in [0.25, 0.3) is 0 Å². The molecule has 80 valence electrons. The molecule has 9 heteroatoms. The molecule has 0 aliphatic carbocycles. The van der Waals surface area contributed by atoms with Crippen molar-refractivity contribution in [3.05, 3.63) is 0 Å². The Labute approximate surface area is 73.0 Å². The first-order valence-corrected chi connectivity index (χ1v) is 0.908. The predicted octanol–water partition coefficient (Wildman–Crippen LogP) is -6.19. The van der Waals surface area contributed by atoms with Crippen molar-refractivity contribution in [1.29, 1.82) is 0 Å². The third kappa shape index (κ3) is 7590. The minimum Gasteiger partial charge on any atom is -0.550 e. The van der Waals surface area contributed by atoms with Gasteiger partial charge in [-0.2, -0.15) is 0 Å². The molecule has 0 amide bonds. The summed E-state index contributed by atoms with van der Waals surface area (Å²) in [6.07, 6.45) is 0. The van der Waals surface area contributed by atoms with Gasteiger partial charge in [-0.3, -0.25) is 0 Å². The van der Waals surface area contributed by atoms with Gasteiger partial charge in [-0.05, 0) is 6.92 Å². The monoisotopic (exact) mass is 225 g/mol. The summed E-state index contributed by atoms with van der Waals surface area (Å²) in [7, 11) is 0. The first kappa shape index (κ1) is 137. The Balaban J connectivity index is -0.00000000214. The van der Waals surface area contributed by atoms with Crippen molar-refractivity contribution >= 4 is 5.97 Å². The summed E-state index contributed by atoms with van der Waals surface area (Å²) >= 11 is 0. The van der Waals surface area contributed by atoms with E-state index in [2.05, 4.69) is 0 Å². The van der Waals surface area contributed by atoms with Gasteiger partial charge in [0.2, 0.25) is 0 Å². The number of hydrogen-bond donors (Lipinski definition) is 0. The molecule has 0 aromatic rings. The van der Waals surface area contributed by atoms with Gasteiger partial charge in [0.1, 0.15) is 0 Å². The molecule has 0 bridgehead atoms. The number of carboxylic acid groups (broad SMARTS) is 1. The third-order valence-electron chi connectivity index (χ3n) is 0. The Hall–Kier alpha value is -0.276. The van der Waals surface area contributed by atoms with Crippen LogP contribution >= 0.6 is 0 Å². The minimum absolute atomic E-state index is 0. The Bertz CT molecular complexity index is 35.1. The molecule has 0 aromatic heterocycles. The zero-order valence-corrected chi connectivity index (χ0v) is 6.62. The van der Waals surface area contributed by atoms with Crippen molar-refractivity contribution in [1.82, 2.24) is 0 Å². The van der Waals surface area contributed by atoms with Crippen LogP contribution in [0.1, 0.15) is 6.92 Å². The van der Waals surface area contributed by atoms with Crippen molar-refractivity contribution < 1.29 is 59.2 Å². The topological polar surface area (TPSA) is 229 Å². The molecule has 0 unspecified atom stereocenters. The van der Waals surface area contributed by atoms with Crippen LogP contribution in [-0.2, 0) is 21.3 Å². The molecule has 0 saturated carbocycles. The van der Waals surface area contributed by atoms with Crippen LogP contribution in [0, 0.1) is 0 Å². The summed E-state index contributed by atoms with van der Waals surface area (Å²) in [5, 5.41) is 8.89. The zero-order valence-electron chi connectivity index (χ0n) is 5.63. The summed E-state index contributed by atoms with van der Waals surface area (Å²) in [5.74, 6) is -1.08. The molecule has 0 aliphatic heterocycles. The van der Waals surface area contributed by atoms with Crippen molar-refractivity contribution in [2.75, 3.05) is 0 Å².